The van der Waals surface area contributed by atoms with Gasteiger partial charge in [-0.15, -0.1) is 0 Å². The van der Waals surface area contributed by atoms with E-state index in [1.54, 1.807) is 56.7 Å². The fourth-order valence-electron chi connectivity index (χ4n) is 2.22. The zero-order chi connectivity index (χ0) is 19.8. The fourth-order valence-corrected chi connectivity index (χ4v) is 2.43. The van der Waals surface area contributed by atoms with Gasteiger partial charge in [0.15, 0.2) is 16.6 Å². The Bertz CT molecular complexity index is 791. The average Bonchev–Trinajstić information content (AvgIpc) is 2.66. The zero-order valence-electron chi connectivity index (χ0n) is 15.9. The monoisotopic (exact) mass is 388 g/mol. The van der Waals surface area contributed by atoms with Gasteiger partial charge in [-0.2, -0.15) is 0 Å². The molecular formula is C20H24N2O4S. The maximum absolute atomic E-state index is 12.3. The molecule has 0 fully saturated rings. The Morgan fingerprint density at radius 1 is 1.04 bits per heavy atom. The summed E-state index contributed by atoms with van der Waals surface area (Å²) in [4.78, 5) is 12.3. The number of nitrogens with one attached hydrogen (secondary N) is 2. The molecule has 0 spiro atoms. The quantitative estimate of drug-likeness (QED) is 0.702. The van der Waals surface area contributed by atoms with Crippen LogP contribution in [0.1, 0.15) is 24.2 Å². The highest BCUT2D eigenvalue weighted by molar-refractivity contribution is 7.80. The van der Waals surface area contributed by atoms with Crippen molar-refractivity contribution in [2.75, 3.05) is 26.1 Å². The van der Waals surface area contributed by atoms with E-state index in [9.17, 15) is 4.79 Å². The molecular weight excluding hydrogens is 364 g/mol. The molecule has 0 bridgehead atoms. The van der Waals surface area contributed by atoms with Gasteiger partial charge in [0.05, 0.1) is 20.8 Å². The van der Waals surface area contributed by atoms with Crippen molar-refractivity contribution < 1.29 is 19.0 Å². The van der Waals surface area contributed by atoms with Crippen molar-refractivity contribution in [2.45, 2.75) is 13.8 Å². The first-order chi connectivity index (χ1) is 12.9. The molecule has 0 heterocycles. The summed E-state index contributed by atoms with van der Waals surface area (Å²) in [7, 11) is 3.12. The van der Waals surface area contributed by atoms with Crippen LogP contribution >= 0.6 is 12.2 Å². The van der Waals surface area contributed by atoms with Crippen LogP contribution < -0.4 is 24.8 Å². The molecule has 0 aromatic heterocycles. The Morgan fingerprint density at radius 3 is 2.30 bits per heavy atom. The molecule has 0 aliphatic carbocycles. The lowest BCUT2D eigenvalue weighted by atomic mass is 10.2. The van der Waals surface area contributed by atoms with Crippen LogP contribution in [0.25, 0.3) is 0 Å². The van der Waals surface area contributed by atoms with Gasteiger partial charge in [0.1, 0.15) is 5.75 Å². The first-order valence-electron chi connectivity index (χ1n) is 8.50. The maximum atomic E-state index is 12.3. The minimum absolute atomic E-state index is 0.187. The summed E-state index contributed by atoms with van der Waals surface area (Å²) in [6.07, 6.45) is 0. The lowest BCUT2D eigenvalue weighted by molar-refractivity contribution is 0.0977. The van der Waals surface area contributed by atoms with Gasteiger partial charge in [-0.3, -0.25) is 10.1 Å². The SMILES string of the molecule is COc1ccc(NC(=S)NC(=O)c2ccc(OCC(C)C)cc2)cc1OC. The molecule has 0 saturated carbocycles. The van der Waals surface area contributed by atoms with Crippen molar-refractivity contribution in [2.24, 2.45) is 5.92 Å². The van der Waals surface area contributed by atoms with Crippen molar-refractivity contribution >= 4 is 28.9 Å². The minimum Gasteiger partial charge on any atom is -0.493 e. The van der Waals surface area contributed by atoms with Crippen LogP contribution in [-0.2, 0) is 0 Å². The van der Waals surface area contributed by atoms with E-state index in [-0.39, 0.29) is 11.0 Å². The summed E-state index contributed by atoms with van der Waals surface area (Å²) in [5, 5.41) is 5.79. The first-order valence-corrected chi connectivity index (χ1v) is 8.91. The minimum atomic E-state index is -0.302. The molecule has 27 heavy (non-hydrogen) atoms. The Kier molecular flexibility index (Phi) is 7.43. The van der Waals surface area contributed by atoms with Crippen molar-refractivity contribution in [3.63, 3.8) is 0 Å². The molecule has 2 aromatic carbocycles. The summed E-state index contributed by atoms with van der Waals surface area (Å²) >= 11 is 5.21. The molecule has 2 N–H and O–H groups in total. The van der Waals surface area contributed by atoms with Crippen LogP contribution in [0, 0.1) is 5.92 Å². The van der Waals surface area contributed by atoms with E-state index in [4.69, 9.17) is 26.4 Å². The molecule has 2 aromatic rings. The number of anilines is 1. The second-order valence-corrected chi connectivity index (χ2v) is 6.62. The molecule has 0 radical (unpaired) electrons. The molecule has 144 valence electrons. The number of ether oxygens (including phenoxy) is 3. The average molecular weight is 388 g/mol. The normalized spacial score (nSPS) is 10.3. The topological polar surface area (TPSA) is 68.8 Å². The van der Waals surface area contributed by atoms with Crippen LogP contribution in [0.15, 0.2) is 42.5 Å². The van der Waals surface area contributed by atoms with Crippen molar-refractivity contribution in [3.05, 3.63) is 48.0 Å². The molecule has 1 amide bonds. The summed E-state index contributed by atoms with van der Waals surface area (Å²) in [6, 6.07) is 12.2. The van der Waals surface area contributed by atoms with Crippen LogP contribution in [0.4, 0.5) is 5.69 Å². The van der Waals surface area contributed by atoms with Gasteiger partial charge in [0.25, 0.3) is 5.91 Å². The highest BCUT2D eigenvalue weighted by Crippen LogP contribution is 2.29. The molecule has 6 nitrogen and oxygen atoms in total. The molecule has 2 rings (SSSR count). The number of hydrogen-bond donors (Lipinski definition) is 2. The largest absolute Gasteiger partial charge is 0.493 e. The number of thiocarbonyl (C=S) groups is 1. The van der Waals surface area contributed by atoms with E-state index in [1.807, 2.05) is 0 Å². The van der Waals surface area contributed by atoms with E-state index in [0.29, 0.717) is 35.3 Å². The summed E-state index contributed by atoms with van der Waals surface area (Å²) < 4.78 is 16.1. The second kappa shape index (κ2) is 9.78. The molecule has 0 aliphatic heterocycles. The van der Waals surface area contributed by atoms with Gasteiger partial charge in [0.2, 0.25) is 0 Å². The lowest BCUT2D eigenvalue weighted by Crippen LogP contribution is -2.34. The number of carbonyl (C=O) groups excluding carboxylic acids is 1. The molecule has 0 saturated heterocycles. The third kappa shape index (κ3) is 6.14. The zero-order valence-corrected chi connectivity index (χ0v) is 16.7. The van der Waals surface area contributed by atoms with Gasteiger partial charge < -0.3 is 19.5 Å². The maximum Gasteiger partial charge on any atom is 0.257 e. The predicted molar refractivity (Wildman–Crippen MR) is 110 cm³/mol. The van der Waals surface area contributed by atoms with Crippen molar-refractivity contribution in [1.29, 1.82) is 0 Å². The number of methoxy groups -OCH3 is 2. The molecule has 0 atom stereocenters. The number of rotatable bonds is 7. The summed E-state index contributed by atoms with van der Waals surface area (Å²) in [6.45, 7) is 4.78. The van der Waals surface area contributed by atoms with E-state index in [2.05, 4.69) is 24.5 Å². The Balaban J connectivity index is 1.94. The highest BCUT2D eigenvalue weighted by atomic mass is 32.1. The van der Waals surface area contributed by atoms with E-state index >= 15 is 0 Å². The fraction of sp³-hybridized carbons (Fsp3) is 0.300. The number of hydrogen-bond acceptors (Lipinski definition) is 5. The van der Waals surface area contributed by atoms with Gasteiger partial charge in [0, 0.05) is 17.3 Å². The van der Waals surface area contributed by atoms with Gasteiger partial charge in [-0.1, -0.05) is 13.8 Å². The van der Waals surface area contributed by atoms with Gasteiger partial charge >= 0.3 is 0 Å². The smallest absolute Gasteiger partial charge is 0.257 e. The molecule has 7 heteroatoms. The standard InChI is InChI=1S/C20H24N2O4S/c1-13(2)12-26-16-8-5-14(6-9-16)19(23)22-20(27)21-15-7-10-17(24-3)18(11-15)25-4/h5-11,13H,12H2,1-4H3,(H2,21,22,23,27). The third-order valence-corrected chi connectivity index (χ3v) is 3.77. The van der Waals surface area contributed by atoms with Crippen molar-refractivity contribution in [1.82, 2.24) is 5.32 Å². The number of benzene rings is 2. The van der Waals surface area contributed by atoms with Gasteiger partial charge in [-0.05, 0) is 54.5 Å². The van der Waals surface area contributed by atoms with Crippen LogP contribution in [0.3, 0.4) is 0 Å². The molecule has 0 unspecified atom stereocenters. The third-order valence-electron chi connectivity index (χ3n) is 3.57. The van der Waals surface area contributed by atoms with E-state index in [0.717, 1.165) is 5.75 Å². The van der Waals surface area contributed by atoms with Crippen LogP contribution in [0.5, 0.6) is 17.2 Å². The van der Waals surface area contributed by atoms with E-state index in [1.165, 1.54) is 0 Å². The predicted octanol–water partition coefficient (Wildman–Crippen LogP) is 3.87. The van der Waals surface area contributed by atoms with Gasteiger partial charge in [-0.25, -0.2) is 0 Å². The number of carbonyl (C=O) groups is 1. The molecule has 0 aliphatic rings. The summed E-state index contributed by atoms with van der Waals surface area (Å²) in [5.41, 5.74) is 1.17. The Morgan fingerprint density at radius 2 is 1.70 bits per heavy atom. The Labute approximate surface area is 164 Å². The lowest BCUT2D eigenvalue weighted by Gasteiger charge is -2.13. The summed E-state index contributed by atoms with van der Waals surface area (Å²) in [5.74, 6) is 2.04. The van der Waals surface area contributed by atoms with Crippen LogP contribution in [-0.4, -0.2) is 31.8 Å². The number of amides is 1. The first kappa shape index (κ1) is 20.5. The Hall–Kier alpha value is -2.80. The highest BCUT2D eigenvalue weighted by Gasteiger charge is 2.10. The van der Waals surface area contributed by atoms with Crippen molar-refractivity contribution in [3.8, 4) is 17.2 Å². The van der Waals surface area contributed by atoms with Crippen LogP contribution in [0.2, 0.25) is 0 Å². The van der Waals surface area contributed by atoms with E-state index < -0.39 is 0 Å². The second-order valence-electron chi connectivity index (χ2n) is 6.21.